The van der Waals surface area contributed by atoms with Gasteiger partial charge in [0.1, 0.15) is 5.60 Å². The summed E-state index contributed by atoms with van der Waals surface area (Å²) in [5.74, 6) is 7.48. The standard InChI is InChI=1S/C28H28N2O2/c31-27-15-9-14-26-23-18-22(20-30(26)27)19-29(21-23)17-8-7-16-28(32,24-10-3-1-4-11-24)25-12-5-2-6-13-25/h1-6,9-15,22-23,32H,16-21H2/t22-,23-/m1/s1. The zero-order valence-corrected chi connectivity index (χ0v) is 18.2. The molecule has 1 fully saturated rings. The molecular weight excluding hydrogens is 396 g/mol. The quantitative estimate of drug-likeness (QED) is 0.651. The first kappa shape index (κ1) is 20.8. The van der Waals surface area contributed by atoms with Crippen molar-refractivity contribution in [3.8, 4) is 11.8 Å². The first-order valence-corrected chi connectivity index (χ1v) is 11.3. The van der Waals surface area contributed by atoms with Crippen LogP contribution >= 0.6 is 0 Å². The van der Waals surface area contributed by atoms with Crippen molar-refractivity contribution in [2.45, 2.75) is 30.9 Å². The molecule has 2 aromatic carbocycles. The Hall–Kier alpha value is -3.13. The van der Waals surface area contributed by atoms with Crippen molar-refractivity contribution >= 4 is 0 Å². The number of likely N-dealkylation sites (tertiary alicyclic amines) is 1. The van der Waals surface area contributed by atoms with Gasteiger partial charge in [-0.15, -0.1) is 0 Å². The lowest BCUT2D eigenvalue weighted by atomic mass is 9.83. The summed E-state index contributed by atoms with van der Waals surface area (Å²) in [7, 11) is 0. The Morgan fingerprint density at radius 1 is 0.844 bits per heavy atom. The highest BCUT2D eigenvalue weighted by Gasteiger charge is 2.34. The highest BCUT2D eigenvalue weighted by atomic mass is 16.3. The van der Waals surface area contributed by atoms with Crippen LogP contribution in [0, 0.1) is 17.8 Å². The number of benzene rings is 2. The van der Waals surface area contributed by atoms with Crippen molar-refractivity contribution in [2.75, 3.05) is 19.6 Å². The second-order valence-electron chi connectivity index (χ2n) is 9.01. The van der Waals surface area contributed by atoms with Gasteiger partial charge in [0.25, 0.3) is 5.56 Å². The minimum atomic E-state index is -1.13. The molecule has 1 N–H and O–H groups in total. The summed E-state index contributed by atoms with van der Waals surface area (Å²) in [5, 5.41) is 11.6. The molecular formula is C28H28N2O2. The molecule has 2 bridgehead atoms. The maximum absolute atomic E-state index is 12.2. The minimum absolute atomic E-state index is 0.117. The molecule has 5 rings (SSSR count). The molecule has 3 heterocycles. The Balaban J connectivity index is 1.31. The van der Waals surface area contributed by atoms with E-state index in [2.05, 4.69) is 22.8 Å². The lowest BCUT2D eigenvalue weighted by Gasteiger charge is -2.42. The van der Waals surface area contributed by atoms with E-state index in [1.165, 1.54) is 0 Å². The fourth-order valence-corrected chi connectivity index (χ4v) is 5.28. The lowest BCUT2D eigenvalue weighted by Crippen LogP contribution is -2.47. The van der Waals surface area contributed by atoms with Gasteiger partial charge in [-0.2, -0.15) is 0 Å². The van der Waals surface area contributed by atoms with Gasteiger partial charge in [0.2, 0.25) is 0 Å². The zero-order valence-electron chi connectivity index (χ0n) is 18.2. The Morgan fingerprint density at radius 2 is 1.53 bits per heavy atom. The van der Waals surface area contributed by atoms with E-state index in [0.717, 1.165) is 42.9 Å². The van der Waals surface area contributed by atoms with Crippen LogP contribution in [0.5, 0.6) is 0 Å². The molecule has 1 aromatic heterocycles. The van der Waals surface area contributed by atoms with Crippen LogP contribution in [0.1, 0.15) is 35.6 Å². The van der Waals surface area contributed by atoms with E-state index in [1.54, 1.807) is 6.07 Å². The zero-order chi connectivity index (χ0) is 22.0. The van der Waals surface area contributed by atoms with Gasteiger partial charge >= 0.3 is 0 Å². The summed E-state index contributed by atoms with van der Waals surface area (Å²) in [6, 6.07) is 25.2. The number of nitrogens with zero attached hydrogens (tertiary/aromatic N) is 2. The Bertz CT molecular complexity index is 1150. The number of fused-ring (bicyclic) bond motifs is 4. The van der Waals surface area contributed by atoms with Crippen LogP contribution in [-0.2, 0) is 12.1 Å². The molecule has 32 heavy (non-hydrogen) atoms. The number of hydrogen-bond acceptors (Lipinski definition) is 3. The van der Waals surface area contributed by atoms with Crippen molar-refractivity contribution in [3.05, 3.63) is 106 Å². The highest BCUT2D eigenvalue weighted by molar-refractivity contribution is 5.37. The molecule has 0 amide bonds. The van der Waals surface area contributed by atoms with E-state index in [1.807, 2.05) is 71.3 Å². The second kappa shape index (κ2) is 8.78. The summed E-state index contributed by atoms with van der Waals surface area (Å²) < 4.78 is 1.96. The highest BCUT2D eigenvalue weighted by Crippen LogP contribution is 2.35. The normalized spacial score (nSPS) is 20.2. The molecule has 4 nitrogen and oxygen atoms in total. The largest absolute Gasteiger partial charge is 0.379 e. The van der Waals surface area contributed by atoms with Gasteiger partial charge in [-0.05, 0) is 29.5 Å². The van der Waals surface area contributed by atoms with Gasteiger partial charge in [-0.1, -0.05) is 78.6 Å². The number of rotatable bonds is 4. The molecule has 0 spiro atoms. The third-order valence-electron chi connectivity index (χ3n) is 6.83. The van der Waals surface area contributed by atoms with Gasteiger partial charge in [0.15, 0.2) is 0 Å². The smallest absolute Gasteiger partial charge is 0.250 e. The molecule has 0 unspecified atom stereocenters. The van der Waals surface area contributed by atoms with Gasteiger partial charge < -0.3 is 9.67 Å². The first-order chi connectivity index (χ1) is 15.6. The minimum Gasteiger partial charge on any atom is -0.379 e. The molecule has 2 atom stereocenters. The van der Waals surface area contributed by atoms with E-state index < -0.39 is 5.60 Å². The summed E-state index contributed by atoms with van der Waals surface area (Å²) in [4.78, 5) is 14.6. The van der Waals surface area contributed by atoms with Crippen molar-refractivity contribution in [1.82, 2.24) is 9.47 Å². The van der Waals surface area contributed by atoms with E-state index in [0.29, 0.717) is 24.8 Å². The van der Waals surface area contributed by atoms with E-state index in [-0.39, 0.29) is 5.56 Å². The summed E-state index contributed by atoms with van der Waals surface area (Å²) in [5.41, 5.74) is 1.86. The van der Waals surface area contributed by atoms with Crippen molar-refractivity contribution < 1.29 is 5.11 Å². The maximum Gasteiger partial charge on any atom is 0.250 e. The third kappa shape index (κ3) is 4.02. The summed E-state index contributed by atoms with van der Waals surface area (Å²) in [6.07, 6.45) is 1.50. The molecule has 2 aliphatic rings. The first-order valence-electron chi connectivity index (χ1n) is 11.3. The number of aromatic nitrogens is 1. The van der Waals surface area contributed by atoms with E-state index in [9.17, 15) is 9.90 Å². The summed E-state index contributed by atoms with van der Waals surface area (Å²) >= 11 is 0. The van der Waals surface area contributed by atoms with Crippen molar-refractivity contribution in [3.63, 3.8) is 0 Å². The number of pyridine rings is 1. The van der Waals surface area contributed by atoms with E-state index >= 15 is 0 Å². The molecule has 162 valence electrons. The number of hydrogen-bond donors (Lipinski definition) is 1. The van der Waals surface area contributed by atoms with Crippen LogP contribution in [0.2, 0.25) is 0 Å². The maximum atomic E-state index is 12.2. The SMILES string of the molecule is O=c1cccc2n1C[C@@H]1C[C@@H]2CN(CC#CCC(O)(c2ccccc2)c2ccccc2)C1. The average Bonchev–Trinajstić information content (AvgIpc) is 2.83. The average molecular weight is 425 g/mol. The predicted molar refractivity (Wildman–Crippen MR) is 126 cm³/mol. The molecule has 1 saturated heterocycles. The Kier molecular flexibility index (Phi) is 5.70. The van der Waals surface area contributed by atoms with Crippen LogP contribution in [0.4, 0.5) is 0 Å². The molecule has 0 aliphatic carbocycles. The summed E-state index contributed by atoms with van der Waals surface area (Å²) in [6.45, 7) is 3.38. The Labute approximate surface area is 189 Å². The molecule has 0 saturated carbocycles. The number of piperidine rings is 1. The number of aliphatic hydroxyl groups is 1. The van der Waals surface area contributed by atoms with E-state index in [4.69, 9.17) is 0 Å². The van der Waals surface area contributed by atoms with Gasteiger partial charge in [0.05, 0.1) is 6.54 Å². The molecule has 2 aliphatic heterocycles. The van der Waals surface area contributed by atoms with Crippen molar-refractivity contribution in [1.29, 1.82) is 0 Å². The van der Waals surface area contributed by atoms with Crippen LogP contribution in [0.25, 0.3) is 0 Å². The molecule has 4 heteroatoms. The van der Waals surface area contributed by atoms with Crippen LogP contribution in [0.15, 0.2) is 83.7 Å². The molecule has 3 aromatic rings. The topological polar surface area (TPSA) is 45.5 Å². The fraction of sp³-hybridized carbons (Fsp3) is 0.321. The third-order valence-corrected chi connectivity index (χ3v) is 6.83. The monoisotopic (exact) mass is 424 g/mol. The Morgan fingerprint density at radius 3 is 2.22 bits per heavy atom. The fourth-order valence-electron chi connectivity index (χ4n) is 5.28. The van der Waals surface area contributed by atoms with Gasteiger partial charge in [-0.25, -0.2) is 0 Å². The molecule has 0 radical (unpaired) electrons. The van der Waals surface area contributed by atoms with Crippen LogP contribution < -0.4 is 5.56 Å². The van der Waals surface area contributed by atoms with Crippen molar-refractivity contribution in [2.24, 2.45) is 5.92 Å². The second-order valence-corrected chi connectivity index (χ2v) is 9.01. The van der Waals surface area contributed by atoms with Crippen LogP contribution in [0.3, 0.4) is 0 Å². The predicted octanol–water partition coefficient (Wildman–Crippen LogP) is 3.60. The van der Waals surface area contributed by atoms with Gasteiger partial charge in [-0.3, -0.25) is 9.69 Å². The van der Waals surface area contributed by atoms with Gasteiger partial charge in [0, 0.05) is 43.7 Å². The van der Waals surface area contributed by atoms with Crippen LogP contribution in [-0.4, -0.2) is 34.2 Å². The lowest BCUT2D eigenvalue weighted by molar-refractivity contribution is 0.0864.